The molecule has 3 aromatic rings. The summed E-state index contributed by atoms with van der Waals surface area (Å²) in [6, 6.07) is 23.1. The number of hydrogen-bond acceptors (Lipinski definition) is 3. The maximum Gasteiger partial charge on any atom is 0.169 e. The highest BCUT2D eigenvalue weighted by Gasteiger charge is 2.55. The van der Waals surface area contributed by atoms with Crippen LogP contribution < -0.4 is 0 Å². The molecule has 0 saturated carbocycles. The normalized spacial score (nSPS) is 24.3. The van der Waals surface area contributed by atoms with E-state index in [4.69, 9.17) is 4.42 Å². The van der Waals surface area contributed by atoms with E-state index in [-0.39, 0.29) is 11.7 Å². The minimum Gasteiger partial charge on any atom is -0.469 e. The van der Waals surface area contributed by atoms with E-state index in [9.17, 15) is 9.90 Å². The summed E-state index contributed by atoms with van der Waals surface area (Å²) in [5.41, 5.74) is 0.793. The Morgan fingerprint density at radius 3 is 2.17 bits per heavy atom. The van der Waals surface area contributed by atoms with Crippen LogP contribution in [0.1, 0.15) is 54.8 Å². The summed E-state index contributed by atoms with van der Waals surface area (Å²) in [5.74, 6) is -0.248. The number of allylic oxidation sites excluding steroid dienone is 1. The van der Waals surface area contributed by atoms with Gasteiger partial charge in [0.05, 0.1) is 17.8 Å². The fourth-order valence-corrected chi connectivity index (χ4v) is 4.54. The van der Waals surface area contributed by atoms with E-state index < -0.39 is 16.9 Å². The van der Waals surface area contributed by atoms with Crippen LogP contribution in [0.4, 0.5) is 0 Å². The Morgan fingerprint density at radius 2 is 1.60 bits per heavy atom. The van der Waals surface area contributed by atoms with Crippen LogP contribution in [0.25, 0.3) is 5.57 Å². The molecule has 0 bridgehead atoms. The van der Waals surface area contributed by atoms with Gasteiger partial charge < -0.3 is 9.52 Å². The lowest BCUT2D eigenvalue weighted by atomic mass is 9.57. The molecule has 4 rings (SSSR count). The van der Waals surface area contributed by atoms with Gasteiger partial charge >= 0.3 is 0 Å². The van der Waals surface area contributed by atoms with Crippen LogP contribution in [0, 0.1) is 11.3 Å². The monoisotopic (exact) mass is 400 g/mol. The molecule has 1 aliphatic rings. The summed E-state index contributed by atoms with van der Waals surface area (Å²) in [5, 5.41) is 12.2. The molecule has 0 radical (unpaired) electrons. The summed E-state index contributed by atoms with van der Waals surface area (Å²) in [4.78, 5) is 13.8. The molecule has 1 aliphatic carbocycles. The third kappa shape index (κ3) is 3.54. The SMILES string of the molecule is CC(C)(C)[C@]1(O)C=C(c2ccccc2)C[C@H](c2ccco2)[C@H]1C(=O)c1ccccc1. The average Bonchev–Trinajstić information content (AvgIpc) is 3.28. The molecule has 1 N–H and O–H groups in total. The van der Waals surface area contributed by atoms with E-state index in [0.29, 0.717) is 12.0 Å². The van der Waals surface area contributed by atoms with E-state index in [0.717, 1.165) is 16.9 Å². The van der Waals surface area contributed by atoms with E-state index in [1.54, 1.807) is 6.26 Å². The first-order valence-electron chi connectivity index (χ1n) is 10.4. The fraction of sp³-hybridized carbons (Fsp3) is 0.296. The predicted octanol–water partition coefficient (Wildman–Crippen LogP) is 6.13. The smallest absolute Gasteiger partial charge is 0.169 e. The zero-order valence-electron chi connectivity index (χ0n) is 17.7. The Morgan fingerprint density at radius 1 is 0.967 bits per heavy atom. The molecule has 0 saturated heterocycles. The first kappa shape index (κ1) is 20.4. The average molecular weight is 401 g/mol. The minimum absolute atomic E-state index is 0.0576. The lowest BCUT2D eigenvalue weighted by molar-refractivity contribution is -0.0645. The van der Waals surface area contributed by atoms with Gasteiger partial charge in [0.1, 0.15) is 5.76 Å². The summed E-state index contributed by atoms with van der Waals surface area (Å²) < 4.78 is 5.79. The van der Waals surface area contributed by atoms with Gasteiger partial charge in [0.2, 0.25) is 0 Å². The van der Waals surface area contributed by atoms with Crippen molar-refractivity contribution in [1.82, 2.24) is 0 Å². The Hall–Kier alpha value is -2.91. The van der Waals surface area contributed by atoms with E-state index in [1.165, 1.54) is 0 Å². The van der Waals surface area contributed by atoms with Crippen molar-refractivity contribution >= 4 is 11.4 Å². The van der Waals surface area contributed by atoms with E-state index in [1.807, 2.05) is 99.6 Å². The Bertz CT molecular complexity index is 1030. The van der Waals surface area contributed by atoms with Crippen molar-refractivity contribution in [2.45, 2.75) is 38.7 Å². The molecule has 1 aromatic heterocycles. The zero-order chi connectivity index (χ0) is 21.4. The van der Waals surface area contributed by atoms with Gasteiger partial charge in [-0.25, -0.2) is 0 Å². The van der Waals surface area contributed by atoms with Gasteiger partial charge in [-0.1, -0.05) is 81.4 Å². The van der Waals surface area contributed by atoms with Crippen molar-refractivity contribution in [2.24, 2.45) is 11.3 Å². The highest BCUT2D eigenvalue weighted by molar-refractivity contribution is 6.00. The number of carbonyl (C=O) groups is 1. The number of ketones is 1. The maximum atomic E-state index is 13.8. The predicted molar refractivity (Wildman–Crippen MR) is 119 cm³/mol. The van der Waals surface area contributed by atoms with Gasteiger partial charge in [-0.3, -0.25) is 4.79 Å². The maximum absolute atomic E-state index is 13.8. The summed E-state index contributed by atoms with van der Waals surface area (Å²) in [7, 11) is 0. The van der Waals surface area contributed by atoms with Crippen LogP contribution in [0.3, 0.4) is 0 Å². The standard InChI is InChI=1S/C27H28O3/c1-26(2,3)27(29)18-21(19-11-6-4-7-12-19)17-22(23-15-10-16-30-23)24(27)25(28)20-13-8-5-9-14-20/h4-16,18,22,24,29H,17H2,1-3H3/t22-,24+,27+/m1/s1. The quantitative estimate of drug-likeness (QED) is 0.536. The van der Waals surface area contributed by atoms with E-state index in [2.05, 4.69) is 0 Å². The highest BCUT2D eigenvalue weighted by atomic mass is 16.3. The van der Waals surface area contributed by atoms with Gasteiger partial charge in [0, 0.05) is 11.5 Å². The largest absolute Gasteiger partial charge is 0.469 e. The van der Waals surface area contributed by atoms with Crippen molar-refractivity contribution in [1.29, 1.82) is 0 Å². The molecule has 154 valence electrons. The van der Waals surface area contributed by atoms with Gasteiger partial charge in [-0.05, 0) is 41.2 Å². The molecule has 0 amide bonds. The fourth-order valence-electron chi connectivity index (χ4n) is 4.54. The number of aliphatic hydroxyl groups is 1. The number of rotatable bonds is 4. The highest BCUT2D eigenvalue weighted by Crippen LogP contribution is 2.53. The summed E-state index contributed by atoms with van der Waals surface area (Å²) in [6.07, 6.45) is 4.18. The molecule has 0 unspecified atom stereocenters. The third-order valence-corrected chi connectivity index (χ3v) is 6.31. The Kier molecular flexibility index (Phi) is 5.25. The number of hydrogen-bond donors (Lipinski definition) is 1. The van der Waals surface area contributed by atoms with Crippen molar-refractivity contribution in [3.63, 3.8) is 0 Å². The number of benzene rings is 2. The van der Waals surface area contributed by atoms with Crippen LogP contribution >= 0.6 is 0 Å². The van der Waals surface area contributed by atoms with Crippen LogP contribution in [0.5, 0.6) is 0 Å². The second-order valence-corrected chi connectivity index (χ2v) is 9.14. The molecule has 3 heteroatoms. The van der Waals surface area contributed by atoms with Crippen molar-refractivity contribution in [2.75, 3.05) is 0 Å². The molecular weight excluding hydrogens is 372 g/mol. The summed E-state index contributed by atoms with van der Waals surface area (Å²) in [6.45, 7) is 5.96. The molecule has 0 spiro atoms. The van der Waals surface area contributed by atoms with Gasteiger partial charge in [-0.2, -0.15) is 0 Å². The molecule has 3 nitrogen and oxygen atoms in total. The lowest BCUT2D eigenvalue weighted by Gasteiger charge is -2.49. The molecule has 3 atom stereocenters. The molecule has 0 aliphatic heterocycles. The minimum atomic E-state index is -1.35. The molecule has 1 heterocycles. The van der Waals surface area contributed by atoms with Crippen LogP contribution in [0.2, 0.25) is 0 Å². The third-order valence-electron chi connectivity index (χ3n) is 6.31. The topological polar surface area (TPSA) is 50.4 Å². The summed E-state index contributed by atoms with van der Waals surface area (Å²) >= 11 is 0. The van der Waals surface area contributed by atoms with Crippen LogP contribution in [0.15, 0.2) is 89.6 Å². The van der Waals surface area contributed by atoms with Crippen molar-refractivity contribution in [3.05, 3.63) is 102 Å². The van der Waals surface area contributed by atoms with Crippen LogP contribution in [-0.2, 0) is 0 Å². The van der Waals surface area contributed by atoms with Gasteiger partial charge in [0.25, 0.3) is 0 Å². The second kappa shape index (κ2) is 7.73. The first-order valence-corrected chi connectivity index (χ1v) is 10.4. The van der Waals surface area contributed by atoms with Crippen molar-refractivity contribution in [3.8, 4) is 0 Å². The molecule has 30 heavy (non-hydrogen) atoms. The Balaban J connectivity index is 1.92. The number of carbonyl (C=O) groups excluding carboxylic acids is 1. The second-order valence-electron chi connectivity index (χ2n) is 9.14. The van der Waals surface area contributed by atoms with Gasteiger partial charge in [0.15, 0.2) is 5.78 Å². The van der Waals surface area contributed by atoms with E-state index >= 15 is 0 Å². The lowest BCUT2D eigenvalue weighted by Crippen LogP contribution is -2.54. The van der Waals surface area contributed by atoms with Gasteiger partial charge in [-0.15, -0.1) is 0 Å². The molecule has 0 fully saturated rings. The molecule has 2 aromatic carbocycles. The van der Waals surface area contributed by atoms with Crippen LogP contribution in [-0.4, -0.2) is 16.5 Å². The first-order chi connectivity index (χ1) is 14.3. The zero-order valence-corrected chi connectivity index (χ0v) is 17.7. The molecular formula is C27H28O3. The number of furan rings is 1. The van der Waals surface area contributed by atoms with Crippen molar-refractivity contribution < 1.29 is 14.3 Å². The Labute approximate surface area is 178 Å². The number of Topliss-reactive ketones (excluding diaryl/α,β-unsaturated/α-hetero) is 1.